The molecular weight excluding hydrogens is 370 g/mol. The lowest BCUT2D eigenvalue weighted by molar-refractivity contribution is -0.127. The number of piperidine rings is 1. The van der Waals surface area contributed by atoms with E-state index in [4.69, 9.17) is 9.47 Å². The van der Waals surface area contributed by atoms with Crippen molar-refractivity contribution >= 4 is 11.8 Å². The van der Waals surface area contributed by atoms with Crippen LogP contribution in [0.3, 0.4) is 0 Å². The van der Waals surface area contributed by atoms with Crippen molar-refractivity contribution in [3.05, 3.63) is 53.9 Å². The highest BCUT2D eigenvalue weighted by atomic mass is 16.5. The second-order valence-corrected chi connectivity index (χ2v) is 7.47. The van der Waals surface area contributed by atoms with Crippen molar-refractivity contribution in [3.8, 4) is 11.5 Å². The van der Waals surface area contributed by atoms with Crippen LogP contribution in [0.2, 0.25) is 0 Å². The van der Waals surface area contributed by atoms with Crippen LogP contribution in [-0.4, -0.2) is 54.5 Å². The summed E-state index contributed by atoms with van der Waals surface area (Å²) >= 11 is 0. The zero-order chi connectivity index (χ0) is 20.2. The first-order valence-electron chi connectivity index (χ1n) is 9.94. The van der Waals surface area contributed by atoms with E-state index in [0.717, 1.165) is 23.5 Å². The van der Waals surface area contributed by atoms with Crippen molar-refractivity contribution in [2.24, 2.45) is 5.92 Å². The highest BCUT2D eigenvalue weighted by molar-refractivity contribution is 5.94. The average Bonchev–Trinajstić information content (AvgIpc) is 2.78. The summed E-state index contributed by atoms with van der Waals surface area (Å²) < 4.78 is 11.2. The van der Waals surface area contributed by atoms with E-state index < -0.39 is 0 Å². The molecule has 0 aliphatic carbocycles. The Morgan fingerprint density at radius 2 is 1.93 bits per heavy atom. The van der Waals surface area contributed by atoms with Gasteiger partial charge in [-0.15, -0.1) is 0 Å². The smallest absolute Gasteiger partial charge is 0.253 e. The summed E-state index contributed by atoms with van der Waals surface area (Å²) in [6.45, 7) is 1.60. The lowest BCUT2D eigenvalue weighted by Gasteiger charge is -2.33. The molecule has 2 aliphatic rings. The molecule has 0 bridgehead atoms. The number of nitrogens with zero attached hydrogens (tertiary/aromatic N) is 2. The van der Waals surface area contributed by atoms with Crippen LogP contribution in [0.15, 0.2) is 42.7 Å². The third-order valence-electron chi connectivity index (χ3n) is 5.60. The maximum atomic E-state index is 12.7. The highest BCUT2D eigenvalue weighted by Crippen LogP contribution is 2.34. The highest BCUT2D eigenvalue weighted by Gasteiger charge is 2.30. The number of fused-ring (bicyclic) bond motifs is 1. The fourth-order valence-electron chi connectivity index (χ4n) is 3.99. The largest absolute Gasteiger partial charge is 0.493 e. The van der Waals surface area contributed by atoms with Crippen LogP contribution in [0.4, 0.5) is 0 Å². The molecule has 1 aromatic heterocycles. The lowest BCUT2D eigenvalue weighted by Crippen LogP contribution is -2.48. The maximum absolute atomic E-state index is 12.7. The minimum Gasteiger partial charge on any atom is -0.493 e. The number of aromatic nitrogens is 1. The van der Waals surface area contributed by atoms with E-state index in [2.05, 4.69) is 10.3 Å². The number of para-hydroxylation sites is 1. The van der Waals surface area contributed by atoms with E-state index in [9.17, 15) is 9.59 Å². The Morgan fingerprint density at radius 3 is 2.66 bits per heavy atom. The molecule has 1 fully saturated rings. The molecule has 3 heterocycles. The second kappa shape index (κ2) is 8.51. The Bertz CT molecular complexity index is 879. The fourth-order valence-corrected chi connectivity index (χ4v) is 3.99. The molecule has 1 aromatic carbocycles. The summed E-state index contributed by atoms with van der Waals surface area (Å²) in [5.74, 6) is 1.45. The summed E-state index contributed by atoms with van der Waals surface area (Å²) in [7, 11) is 1.62. The van der Waals surface area contributed by atoms with Gasteiger partial charge in [-0.1, -0.05) is 12.1 Å². The van der Waals surface area contributed by atoms with Crippen molar-refractivity contribution in [1.82, 2.24) is 15.2 Å². The van der Waals surface area contributed by atoms with Gasteiger partial charge in [0.1, 0.15) is 6.61 Å². The number of hydrogen-bond acceptors (Lipinski definition) is 5. The predicted molar refractivity (Wildman–Crippen MR) is 107 cm³/mol. The first-order chi connectivity index (χ1) is 14.2. The number of carbonyl (C=O) groups excluding carboxylic acids is 2. The van der Waals surface area contributed by atoms with E-state index >= 15 is 0 Å². The standard InChI is InChI=1S/C22H25N3O4/c1-28-19-4-2-3-17-13-18(14-29-20(17)19)24-21(26)15-7-11-25(12-8-15)22(27)16-5-9-23-10-6-16/h2-6,9-10,15,18H,7-8,11-14H2,1H3,(H,24,26). The van der Waals surface area contributed by atoms with Gasteiger partial charge < -0.3 is 19.7 Å². The number of carbonyl (C=O) groups is 2. The zero-order valence-corrected chi connectivity index (χ0v) is 16.5. The number of methoxy groups -OCH3 is 1. The number of likely N-dealkylation sites (tertiary alicyclic amines) is 1. The van der Waals surface area contributed by atoms with E-state index in [1.807, 2.05) is 23.1 Å². The molecule has 1 saturated heterocycles. The number of amides is 2. The van der Waals surface area contributed by atoms with Crippen LogP contribution in [-0.2, 0) is 11.2 Å². The molecule has 7 nitrogen and oxygen atoms in total. The van der Waals surface area contributed by atoms with E-state index in [1.165, 1.54) is 0 Å². The Morgan fingerprint density at radius 1 is 1.17 bits per heavy atom. The van der Waals surface area contributed by atoms with Crippen molar-refractivity contribution in [2.45, 2.75) is 25.3 Å². The molecule has 7 heteroatoms. The number of hydrogen-bond donors (Lipinski definition) is 1. The molecule has 1 N–H and O–H groups in total. The first-order valence-corrected chi connectivity index (χ1v) is 9.94. The third-order valence-corrected chi connectivity index (χ3v) is 5.60. The van der Waals surface area contributed by atoms with Crippen LogP contribution >= 0.6 is 0 Å². The van der Waals surface area contributed by atoms with Crippen LogP contribution < -0.4 is 14.8 Å². The average molecular weight is 395 g/mol. The number of nitrogens with one attached hydrogen (secondary N) is 1. The monoisotopic (exact) mass is 395 g/mol. The maximum Gasteiger partial charge on any atom is 0.253 e. The van der Waals surface area contributed by atoms with Gasteiger partial charge in [-0.2, -0.15) is 0 Å². The minimum absolute atomic E-state index is 0.00232. The van der Waals surface area contributed by atoms with Gasteiger partial charge in [0.25, 0.3) is 5.91 Å². The Labute approximate surface area is 170 Å². The summed E-state index contributed by atoms with van der Waals surface area (Å²) in [6.07, 6.45) is 5.29. The molecule has 0 saturated carbocycles. The van der Waals surface area contributed by atoms with Crippen molar-refractivity contribution in [1.29, 1.82) is 0 Å². The van der Waals surface area contributed by atoms with Crippen molar-refractivity contribution in [2.75, 3.05) is 26.8 Å². The van der Waals surface area contributed by atoms with Crippen LogP contribution in [0.25, 0.3) is 0 Å². The number of benzene rings is 1. The Balaban J connectivity index is 1.30. The van der Waals surface area contributed by atoms with E-state index in [-0.39, 0.29) is 23.8 Å². The molecular formula is C22H25N3O4. The van der Waals surface area contributed by atoms with Gasteiger partial charge >= 0.3 is 0 Å². The molecule has 1 atom stereocenters. The lowest BCUT2D eigenvalue weighted by atomic mass is 9.94. The quantitative estimate of drug-likeness (QED) is 0.857. The molecule has 2 aromatic rings. The van der Waals surface area contributed by atoms with Crippen LogP contribution in [0.1, 0.15) is 28.8 Å². The fraction of sp³-hybridized carbons (Fsp3) is 0.409. The molecule has 1 unspecified atom stereocenters. The molecule has 2 aliphatic heterocycles. The van der Waals surface area contributed by atoms with Crippen LogP contribution in [0.5, 0.6) is 11.5 Å². The Kier molecular flexibility index (Phi) is 5.64. The van der Waals surface area contributed by atoms with Gasteiger partial charge in [-0.05, 0) is 37.5 Å². The summed E-state index contributed by atoms with van der Waals surface area (Å²) in [5, 5.41) is 3.13. The molecule has 4 rings (SSSR count). The molecule has 29 heavy (non-hydrogen) atoms. The normalized spacial score (nSPS) is 19.1. The van der Waals surface area contributed by atoms with Crippen LogP contribution in [0, 0.1) is 5.92 Å². The van der Waals surface area contributed by atoms with E-state index in [1.54, 1.807) is 31.6 Å². The number of rotatable bonds is 4. The zero-order valence-electron chi connectivity index (χ0n) is 16.5. The van der Waals surface area contributed by atoms with Gasteiger partial charge in [-0.25, -0.2) is 0 Å². The molecule has 0 radical (unpaired) electrons. The van der Waals surface area contributed by atoms with Gasteiger partial charge in [0.2, 0.25) is 5.91 Å². The summed E-state index contributed by atoms with van der Waals surface area (Å²) in [4.78, 5) is 31.0. The topological polar surface area (TPSA) is 80.8 Å². The van der Waals surface area contributed by atoms with E-state index in [0.29, 0.717) is 38.1 Å². The summed E-state index contributed by atoms with van der Waals surface area (Å²) in [5.41, 5.74) is 1.68. The van der Waals surface area contributed by atoms with Crippen molar-refractivity contribution in [3.63, 3.8) is 0 Å². The molecule has 152 valence electrons. The number of ether oxygens (including phenoxy) is 2. The van der Waals surface area contributed by atoms with Gasteiger partial charge in [-0.3, -0.25) is 14.6 Å². The Hall–Kier alpha value is -3.09. The van der Waals surface area contributed by atoms with Gasteiger partial charge in [0, 0.05) is 42.5 Å². The third kappa shape index (κ3) is 4.18. The SMILES string of the molecule is COc1cccc2c1OCC(NC(=O)C1CCN(C(=O)c3ccncc3)CC1)C2. The first kappa shape index (κ1) is 19.2. The van der Waals surface area contributed by atoms with Gasteiger partial charge in [0.05, 0.1) is 13.2 Å². The minimum atomic E-state index is -0.0804. The van der Waals surface area contributed by atoms with Gasteiger partial charge in [0.15, 0.2) is 11.5 Å². The summed E-state index contributed by atoms with van der Waals surface area (Å²) in [6, 6.07) is 9.19. The second-order valence-electron chi connectivity index (χ2n) is 7.47. The number of pyridine rings is 1. The molecule has 0 spiro atoms. The predicted octanol–water partition coefficient (Wildman–Crippen LogP) is 2.06. The van der Waals surface area contributed by atoms with Crippen molar-refractivity contribution < 1.29 is 19.1 Å². The molecule has 2 amide bonds.